The largest absolute Gasteiger partial charge is 0.390 e. The molecular weight excluding hydrogens is 365 g/mol. The van der Waals surface area contributed by atoms with Crippen LogP contribution in [0.2, 0.25) is 0 Å². The van der Waals surface area contributed by atoms with Crippen LogP contribution in [0.5, 0.6) is 0 Å². The molecule has 144 valence electrons. The van der Waals surface area contributed by atoms with Gasteiger partial charge < -0.3 is 21.7 Å². The van der Waals surface area contributed by atoms with Crippen LogP contribution in [0.4, 0.5) is 20.9 Å². The second-order valence-corrected chi connectivity index (χ2v) is 8.07. The summed E-state index contributed by atoms with van der Waals surface area (Å²) in [6.07, 6.45) is 6.16. The molecule has 7 nitrogen and oxygen atoms in total. The molecule has 1 atom stereocenters. The Morgan fingerprint density at radius 2 is 2.19 bits per heavy atom. The molecule has 0 aliphatic carbocycles. The first-order valence-electron chi connectivity index (χ1n) is 9.11. The molecule has 9 heteroatoms. The van der Waals surface area contributed by atoms with Crippen LogP contribution in [0.1, 0.15) is 24.8 Å². The van der Waals surface area contributed by atoms with Gasteiger partial charge in [-0.25, -0.2) is 4.39 Å². The van der Waals surface area contributed by atoms with Gasteiger partial charge >= 0.3 is 0 Å². The molecule has 0 spiro atoms. The van der Waals surface area contributed by atoms with Crippen molar-refractivity contribution in [1.29, 1.82) is 0 Å². The Morgan fingerprint density at radius 3 is 3.04 bits per heavy atom. The summed E-state index contributed by atoms with van der Waals surface area (Å²) in [4.78, 5) is 6.56. The van der Waals surface area contributed by atoms with Crippen LogP contribution in [-0.2, 0) is 13.6 Å². The second-order valence-electron chi connectivity index (χ2n) is 6.98. The molecule has 0 bridgehead atoms. The number of hydrogen-bond acceptors (Lipinski definition) is 7. The van der Waals surface area contributed by atoms with Crippen molar-refractivity contribution in [2.24, 2.45) is 12.8 Å². The summed E-state index contributed by atoms with van der Waals surface area (Å²) in [5, 5.41) is 8.53. The number of nitrogens with zero attached hydrogens (tertiary/aromatic N) is 4. The molecule has 27 heavy (non-hydrogen) atoms. The van der Waals surface area contributed by atoms with Crippen LogP contribution in [-0.4, -0.2) is 33.9 Å². The van der Waals surface area contributed by atoms with Crippen LogP contribution in [0.15, 0.2) is 18.5 Å². The number of pyridine rings is 1. The highest BCUT2D eigenvalue weighted by atomic mass is 32.1. The molecule has 0 radical (unpaired) electrons. The number of aromatic nitrogens is 3. The molecule has 0 saturated carbocycles. The summed E-state index contributed by atoms with van der Waals surface area (Å²) in [5.74, 6) is 0.707. The SMILES string of the molecule is Cn1ncc(NCc2c(N)sc3cc(F)cnc23)c1N1CCCC(N)CC1. The molecule has 1 unspecified atom stereocenters. The Balaban J connectivity index is 1.57. The zero-order chi connectivity index (χ0) is 19.0. The van der Waals surface area contributed by atoms with Gasteiger partial charge in [0.05, 0.1) is 33.3 Å². The quantitative estimate of drug-likeness (QED) is 0.635. The van der Waals surface area contributed by atoms with E-state index in [4.69, 9.17) is 11.5 Å². The monoisotopic (exact) mass is 389 g/mol. The van der Waals surface area contributed by atoms with Crippen molar-refractivity contribution in [2.45, 2.75) is 31.8 Å². The lowest BCUT2D eigenvalue weighted by atomic mass is 10.1. The van der Waals surface area contributed by atoms with E-state index in [0.717, 1.165) is 59.6 Å². The summed E-state index contributed by atoms with van der Waals surface area (Å²) in [5.41, 5.74) is 14.9. The van der Waals surface area contributed by atoms with Crippen molar-refractivity contribution < 1.29 is 4.39 Å². The first-order valence-corrected chi connectivity index (χ1v) is 9.93. The molecule has 1 aliphatic heterocycles. The number of aryl methyl sites for hydroxylation is 1. The lowest BCUT2D eigenvalue weighted by Gasteiger charge is -2.24. The molecule has 1 aliphatic rings. The predicted molar refractivity (Wildman–Crippen MR) is 109 cm³/mol. The van der Waals surface area contributed by atoms with E-state index in [1.807, 2.05) is 17.9 Å². The van der Waals surface area contributed by atoms with Crippen LogP contribution in [0.3, 0.4) is 0 Å². The number of fused-ring (bicyclic) bond motifs is 1. The van der Waals surface area contributed by atoms with Gasteiger partial charge in [-0.2, -0.15) is 5.10 Å². The van der Waals surface area contributed by atoms with Crippen molar-refractivity contribution in [1.82, 2.24) is 14.8 Å². The molecule has 1 fully saturated rings. The maximum absolute atomic E-state index is 13.4. The van der Waals surface area contributed by atoms with Gasteiger partial charge in [-0.3, -0.25) is 9.67 Å². The van der Waals surface area contributed by atoms with Gasteiger partial charge in [0, 0.05) is 38.3 Å². The summed E-state index contributed by atoms with van der Waals surface area (Å²) >= 11 is 1.36. The summed E-state index contributed by atoms with van der Waals surface area (Å²) in [6.45, 7) is 2.39. The van der Waals surface area contributed by atoms with Gasteiger partial charge in [-0.15, -0.1) is 11.3 Å². The first-order chi connectivity index (χ1) is 13.0. The fourth-order valence-electron chi connectivity index (χ4n) is 3.64. The molecule has 4 heterocycles. The number of thiophene rings is 1. The Kier molecular flexibility index (Phi) is 4.88. The lowest BCUT2D eigenvalue weighted by molar-refractivity contribution is 0.601. The standard InChI is InChI=1S/C18H24FN7S/c1-25-18(26-5-2-3-12(20)4-6-26)14(10-24-25)22-9-13-16-15(27-17(13)21)7-11(19)8-23-16/h7-8,10,12,22H,2-6,9,20-21H2,1H3. The highest BCUT2D eigenvalue weighted by molar-refractivity contribution is 7.22. The van der Waals surface area contributed by atoms with E-state index < -0.39 is 0 Å². The summed E-state index contributed by atoms with van der Waals surface area (Å²) < 4.78 is 16.1. The van der Waals surface area contributed by atoms with E-state index >= 15 is 0 Å². The number of nitrogens with one attached hydrogen (secondary N) is 1. The maximum atomic E-state index is 13.4. The maximum Gasteiger partial charge on any atom is 0.150 e. The van der Waals surface area contributed by atoms with E-state index in [0.29, 0.717) is 11.5 Å². The number of anilines is 3. The Labute approximate surface area is 161 Å². The van der Waals surface area contributed by atoms with Crippen LogP contribution < -0.4 is 21.7 Å². The zero-order valence-corrected chi connectivity index (χ0v) is 16.1. The van der Waals surface area contributed by atoms with Crippen LogP contribution >= 0.6 is 11.3 Å². The molecule has 0 amide bonds. The number of nitrogens with two attached hydrogens (primary N) is 2. The van der Waals surface area contributed by atoms with Crippen molar-refractivity contribution in [2.75, 3.05) is 29.0 Å². The van der Waals surface area contributed by atoms with E-state index in [2.05, 4.69) is 20.3 Å². The molecular formula is C18H24FN7S. The average molecular weight is 390 g/mol. The van der Waals surface area contributed by atoms with Gasteiger partial charge in [-0.05, 0) is 25.3 Å². The van der Waals surface area contributed by atoms with E-state index in [1.54, 1.807) is 0 Å². The Hall–Kier alpha value is -2.39. The predicted octanol–water partition coefficient (Wildman–Crippen LogP) is 2.68. The van der Waals surface area contributed by atoms with Gasteiger partial charge in [0.2, 0.25) is 0 Å². The van der Waals surface area contributed by atoms with E-state index in [-0.39, 0.29) is 11.9 Å². The average Bonchev–Trinajstić information content (AvgIpc) is 3.05. The molecule has 0 aromatic carbocycles. The van der Waals surface area contributed by atoms with Crippen LogP contribution in [0.25, 0.3) is 10.2 Å². The number of nitrogen functional groups attached to an aromatic ring is 1. The van der Waals surface area contributed by atoms with Crippen molar-refractivity contribution in [3.63, 3.8) is 0 Å². The lowest BCUT2D eigenvalue weighted by Crippen LogP contribution is -2.28. The van der Waals surface area contributed by atoms with E-state index in [9.17, 15) is 4.39 Å². The van der Waals surface area contributed by atoms with Crippen molar-refractivity contribution in [3.8, 4) is 0 Å². The third-order valence-electron chi connectivity index (χ3n) is 5.06. The first kappa shape index (κ1) is 18.0. The minimum absolute atomic E-state index is 0.267. The van der Waals surface area contributed by atoms with Gasteiger partial charge in [0.15, 0.2) is 0 Å². The Bertz CT molecular complexity index is 951. The minimum Gasteiger partial charge on any atom is -0.390 e. The van der Waals surface area contributed by atoms with Gasteiger partial charge in [0.1, 0.15) is 11.6 Å². The third-order valence-corrected chi connectivity index (χ3v) is 6.06. The summed E-state index contributed by atoms with van der Waals surface area (Å²) in [7, 11) is 1.95. The molecule has 3 aromatic rings. The molecule has 3 aromatic heterocycles. The molecule has 5 N–H and O–H groups in total. The van der Waals surface area contributed by atoms with Crippen molar-refractivity contribution in [3.05, 3.63) is 29.8 Å². The topological polar surface area (TPSA) is 98.0 Å². The fraction of sp³-hybridized carbons (Fsp3) is 0.444. The van der Waals surface area contributed by atoms with Crippen LogP contribution in [0, 0.1) is 5.82 Å². The second kappa shape index (κ2) is 7.32. The number of halogens is 1. The zero-order valence-electron chi connectivity index (χ0n) is 15.3. The summed E-state index contributed by atoms with van der Waals surface area (Å²) in [6, 6.07) is 1.74. The normalized spacial score (nSPS) is 18.0. The van der Waals surface area contributed by atoms with Gasteiger partial charge in [0.25, 0.3) is 0 Å². The highest BCUT2D eigenvalue weighted by Crippen LogP contribution is 2.34. The van der Waals surface area contributed by atoms with Crippen molar-refractivity contribution >= 4 is 38.1 Å². The highest BCUT2D eigenvalue weighted by Gasteiger charge is 2.21. The molecule has 1 saturated heterocycles. The van der Waals surface area contributed by atoms with E-state index in [1.165, 1.54) is 23.6 Å². The minimum atomic E-state index is -0.350. The smallest absolute Gasteiger partial charge is 0.150 e. The fourth-order valence-corrected chi connectivity index (χ4v) is 4.61. The third kappa shape index (κ3) is 3.57. The number of rotatable bonds is 4. The Morgan fingerprint density at radius 1 is 1.33 bits per heavy atom. The number of hydrogen-bond donors (Lipinski definition) is 3. The van der Waals surface area contributed by atoms with Gasteiger partial charge in [-0.1, -0.05) is 0 Å². The molecule has 4 rings (SSSR count).